The van der Waals surface area contributed by atoms with Gasteiger partial charge in [-0.1, -0.05) is 22.9 Å². The Morgan fingerprint density at radius 2 is 2.24 bits per heavy atom. The fourth-order valence-electron chi connectivity index (χ4n) is 2.77. The van der Waals surface area contributed by atoms with E-state index in [1.165, 1.54) is 18.3 Å². The van der Waals surface area contributed by atoms with Crippen LogP contribution in [0.15, 0.2) is 23.2 Å². The zero-order valence-corrected chi connectivity index (χ0v) is 13.5. The van der Waals surface area contributed by atoms with Crippen LogP contribution in [0.4, 0.5) is 0 Å². The van der Waals surface area contributed by atoms with E-state index < -0.39 is 0 Å². The number of halogens is 1. The number of rotatable bonds is 2. The monoisotopic (exact) mass is 323 g/mol. The molecule has 1 N–H and O–H groups in total. The molecule has 1 amide bonds. The van der Waals surface area contributed by atoms with Crippen molar-refractivity contribution in [1.29, 1.82) is 0 Å². The van der Waals surface area contributed by atoms with Gasteiger partial charge in [0.05, 0.1) is 10.2 Å². The summed E-state index contributed by atoms with van der Waals surface area (Å²) in [6.07, 6.45) is 2.33. The van der Waals surface area contributed by atoms with Crippen molar-refractivity contribution < 1.29 is 4.79 Å². The topological polar surface area (TPSA) is 46.4 Å². The van der Waals surface area contributed by atoms with Crippen molar-refractivity contribution in [2.75, 3.05) is 13.1 Å². The van der Waals surface area contributed by atoms with Crippen molar-refractivity contribution in [3.63, 3.8) is 0 Å². The van der Waals surface area contributed by atoms with Crippen molar-refractivity contribution in [2.24, 2.45) is 10.9 Å². The molecule has 112 valence electrons. The van der Waals surface area contributed by atoms with E-state index in [2.05, 4.69) is 14.9 Å². The molecule has 2 heterocycles. The normalized spacial score (nSPS) is 17.5. The van der Waals surface area contributed by atoms with Gasteiger partial charge in [-0.15, -0.1) is 0 Å². The van der Waals surface area contributed by atoms with Crippen LogP contribution in [0.5, 0.6) is 0 Å². The predicted molar refractivity (Wildman–Crippen MR) is 86.7 cm³/mol. The molecule has 1 saturated heterocycles. The number of nitrogens with zero attached hydrogens (tertiary/aromatic N) is 2. The fourth-order valence-corrected chi connectivity index (χ4v) is 4.13. The molecule has 21 heavy (non-hydrogen) atoms. The largest absolute Gasteiger partial charge is 0.317 e. The zero-order chi connectivity index (χ0) is 14.8. The minimum Gasteiger partial charge on any atom is -0.317 e. The van der Waals surface area contributed by atoms with E-state index in [9.17, 15) is 4.79 Å². The molecule has 0 bridgehead atoms. The fraction of sp³-hybridized carbons (Fsp3) is 0.467. The minimum absolute atomic E-state index is 0.160. The molecule has 0 saturated carbocycles. The first-order valence-corrected chi connectivity index (χ1v) is 8.38. The second-order valence-electron chi connectivity index (χ2n) is 5.43. The number of piperidine rings is 1. The lowest BCUT2D eigenvalue weighted by Crippen LogP contribution is -2.31. The molecule has 0 aliphatic carbocycles. The van der Waals surface area contributed by atoms with Crippen LogP contribution in [0, 0.1) is 5.92 Å². The predicted octanol–water partition coefficient (Wildman–Crippen LogP) is 2.80. The first-order chi connectivity index (χ1) is 10.1. The molecule has 1 aromatic carbocycles. The van der Waals surface area contributed by atoms with E-state index in [-0.39, 0.29) is 5.91 Å². The Bertz CT molecular complexity index is 728. The van der Waals surface area contributed by atoms with Crippen LogP contribution in [0.1, 0.15) is 19.8 Å². The molecule has 4 nitrogen and oxygen atoms in total. The maximum atomic E-state index is 11.4. The van der Waals surface area contributed by atoms with Crippen molar-refractivity contribution in [3.05, 3.63) is 28.0 Å². The number of benzene rings is 1. The van der Waals surface area contributed by atoms with Crippen molar-refractivity contribution in [3.8, 4) is 0 Å². The van der Waals surface area contributed by atoms with Gasteiger partial charge in [0.1, 0.15) is 0 Å². The summed E-state index contributed by atoms with van der Waals surface area (Å²) >= 11 is 7.60. The van der Waals surface area contributed by atoms with Gasteiger partial charge in [0.2, 0.25) is 5.91 Å². The summed E-state index contributed by atoms with van der Waals surface area (Å²) in [5.41, 5.74) is 1.11. The number of nitrogens with one attached hydrogen (secondary N) is 1. The molecular weight excluding hydrogens is 306 g/mol. The van der Waals surface area contributed by atoms with E-state index in [0.29, 0.717) is 10.9 Å². The van der Waals surface area contributed by atoms with Crippen LogP contribution in [0.25, 0.3) is 10.2 Å². The summed E-state index contributed by atoms with van der Waals surface area (Å²) < 4.78 is 3.25. The van der Waals surface area contributed by atoms with Crippen molar-refractivity contribution >= 4 is 39.1 Å². The third kappa shape index (κ3) is 3.36. The van der Waals surface area contributed by atoms with Gasteiger partial charge in [0, 0.05) is 18.5 Å². The van der Waals surface area contributed by atoms with Gasteiger partial charge < -0.3 is 9.88 Å². The van der Waals surface area contributed by atoms with Gasteiger partial charge in [-0.2, -0.15) is 4.99 Å². The SMILES string of the molecule is CC(=O)/N=c1/sc2cc(Cl)ccc2n1CC1CCNCC1. The second kappa shape index (κ2) is 6.30. The van der Waals surface area contributed by atoms with Crippen LogP contribution < -0.4 is 10.1 Å². The average molecular weight is 324 g/mol. The first-order valence-electron chi connectivity index (χ1n) is 7.18. The molecule has 0 spiro atoms. The number of thiazole rings is 1. The highest BCUT2D eigenvalue weighted by Crippen LogP contribution is 2.24. The molecule has 1 aliphatic heterocycles. The van der Waals surface area contributed by atoms with E-state index in [0.717, 1.165) is 47.5 Å². The Labute approximate surface area is 132 Å². The Kier molecular flexibility index (Phi) is 4.42. The Morgan fingerprint density at radius 3 is 2.95 bits per heavy atom. The molecule has 2 aromatic rings. The molecule has 1 aliphatic rings. The Balaban J connectivity index is 2.06. The van der Waals surface area contributed by atoms with Crippen LogP contribution >= 0.6 is 22.9 Å². The lowest BCUT2D eigenvalue weighted by Gasteiger charge is -2.23. The van der Waals surface area contributed by atoms with Crippen molar-refractivity contribution in [2.45, 2.75) is 26.3 Å². The molecule has 1 fully saturated rings. The van der Waals surface area contributed by atoms with E-state index in [1.807, 2.05) is 18.2 Å². The molecule has 0 atom stereocenters. The van der Waals surface area contributed by atoms with Crippen molar-refractivity contribution in [1.82, 2.24) is 9.88 Å². The lowest BCUT2D eigenvalue weighted by atomic mass is 9.98. The Morgan fingerprint density at radius 1 is 1.48 bits per heavy atom. The summed E-state index contributed by atoms with van der Waals surface area (Å²) in [7, 11) is 0. The Hall–Kier alpha value is -1.17. The summed E-state index contributed by atoms with van der Waals surface area (Å²) in [6, 6.07) is 5.86. The number of aromatic nitrogens is 1. The van der Waals surface area contributed by atoms with Gasteiger partial charge in [-0.25, -0.2) is 0 Å². The number of fused-ring (bicyclic) bond motifs is 1. The number of carbonyl (C=O) groups is 1. The molecule has 6 heteroatoms. The minimum atomic E-state index is -0.160. The highest BCUT2D eigenvalue weighted by molar-refractivity contribution is 7.16. The van der Waals surface area contributed by atoms with E-state index >= 15 is 0 Å². The van der Waals surface area contributed by atoms with Gasteiger partial charge in [-0.05, 0) is 50.0 Å². The van der Waals surface area contributed by atoms with Crippen LogP contribution in [0.3, 0.4) is 0 Å². The van der Waals surface area contributed by atoms with Gasteiger partial charge in [-0.3, -0.25) is 4.79 Å². The summed E-state index contributed by atoms with van der Waals surface area (Å²) in [4.78, 5) is 16.3. The molecular formula is C15H18ClN3OS. The maximum absolute atomic E-state index is 11.4. The quantitative estimate of drug-likeness (QED) is 0.923. The molecule has 1 aromatic heterocycles. The standard InChI is InChI=1S/C15H18ClN3OS/c1-10(20)18-15-19(9-11-4-6-17-7-5-11)13-3-2-12(16)8-14(13)21-15/h2-3,8,11,17H,4-7,9H2,1H3/b18-15+. The highest BCUT2D eigenvalue weighted by atomic mass is 35.5. The third-order valence-corrected chi connectivity index (χ3v) is 5.07. The number of amides is 1. The first kappa shape index (κ1) is 14.8. The highest BCUT2D eigenvalue weighted by Gasteiger charge is 2.16. The number of hydrogen-bond donors (Lipinski definition) is 1. The summed E-state index contributed by atoms with van der Waals surface area (Å²) in [6.45, 7) is 4.54. The average Bonchev–Trinajstić information content (AvgIpc) is 2.76. The molecule has 0 radical (unpaired) electrons. The molecule has 3 rings (SSSR count). The second-order valence-corrected chi connectivity index (χ2v) is 6.88. The smallest absolute Gasteiger partial charge is 0.245 e. The van der Waals surface area contributed by atoms with Gasteiger partial charge >= 0.3 is 0 Å². The van der Waals surface area contributed by atoms with Gasteiger partial charge in [0.25, 0.3) is 0 Å². The maximum Gasteiger partial charge on any atom is 0.245 e. The van der Waals surface area contributed by atoms with E-state index in [4.69, 9.17) is 11.6 Å². The molecule has 0 unspecified atom stereocenters. The number of carbonyl (C=O) groups excluding carboxylic acids is 1. The zero-order valence-electron chi connectivity index (χ0n) is 11.9. The van der Waals surface area contributed by atoms with Crippen LogP contribution in [0.2, 0.25) is 5.02 Å². The summed E-state index contributed by atoms with van der Waals surface area (Å²) in [5, 5.41) is 4.10. The third-order valence-electron chi connectivity index (χ3n) is 3.80. The van der Waals surface area contributed by atoms with Crippen LogP contribution in [-0.2, 0) is 11.3 Å². The van der Waals surface area contributed by atoms with Crippen LogP contribution in [-0.4, -0.2) is 23.6 Å². The summed E-state index contributed by atoms with van der Waals surface area (Å²) in [5.74, 6) is 0.470. The van der Waals surface area contributed by atoms with Gasteiger partial charge in [0.15, 0.2) is 4.80 Å². The number of hydrogen-bond acceptors (Lipinski definition) is 3. The lowest BCUT2D eigenvalue weighted by molar-refractivity contribution is -0.116. The van der Waals surface area contributed by atoms with E-state index in [1.54, 1.807) is 0 Å².